The molecular weight excluding hydrogens is 202 g/mol. The lowest BCUT2D eigenvalue weighted by Gasteiger charge is -2.32. The smallest absolute Gasteiger partial charge is 0.138 e. The minimum absolute atomic E-state index is 0.0574. The summed E-state index contributed by atoms with van der Waals surface area (Å²) in [5.41, 5.74) is 0.0574. The van der Waals surface area contributed by atoms with Crippen LogP contribution in [0.2, 0.25) is 0 Å². The van der Waals surface area contributed by atoms with Gasteiger partial charge in [-0.3, -0.25) is 9.69 Å². The topological polar surface area (TPSA) is 29.5 Å². The molecule has 2 heterocycles. The molecule has 92 valence electrons. The summed E-state index contributed by atoms with van der Waals surface area (Å²) >= 11 is 0. The quantitative estimate of drug-likeness (QED) is 0.718. The van der Waals surface area contributed by atoms with Crippen LogP contribution in [-0.4, -0.2) is 42.0 Å². The molecule has 3 heteroatoms. The van der Waals surface area contributed by atoms with Gasteiger partial charge >= 0.3 is 0 Å². The summed E-state index contributed by atoms with van der Waals surface area (Å²) < 4.78 is 5.99. The Bertz CT molecular complexity index is 275. The van der Waals surface area contributed by atoms with Gasteiger partial charge in [-0.2, -0.15) is 0 Å². The van der Waals surface area contributed by atoms with Gasteiger partial charge in [-0.1, -0.05) is 6.92 Å². The molecule has 2 unspecified atom stereocenters. The molecule has 0 bridgehead atoms. The Morgan fingerprint density at radius 1 is 1.50 bits per heavy atom. The van der Waals surface area contributed by atoms with Crippen molar-refractivity contribution < 1.29 is 9.53 Å². The van der Waals surface area contributed by atoms with Gasteiger partial charge in [0, 0.05) is 32.0 Å². The molecule has 0 spiro atoms. The van der Waals surface area contributed by atoms with E-state index >= 15 is 0 Å². The lowest BCUT2D eigenvalue weighted by atomic mass is 9.98. The second kappa shape index (κ2) is 4.46. The fourth-order valence-corrected chi connectivity index (χ4v) is 2.76. The summed E-state index contributed by atoms with van der Waals surface area (Å²) in [6.07, 6.45) is 3.40. The van der Waals surface area contributed by atoms with Crippen LogP contribution in [0.4, 0.5) is 0 Å². The summed E-state index contributed by atoms with van der Waals surface area (Å²) in [5, 5.41) is 0. The van der Waals surface area contributed by atoms with Crippen molar-refractivity contribution in [2.24, 2.45) is 5.92 Å². The zero-order chi connectivity index (χ0) is 11.8. The van der Waals surface area contributed by atoms with Crippen LogP contribution in [0.15, 0.2) is 0 Å². The minimum atomic E-state index is 0.0574. The summed E-state index contributed by atoms with van der Waals surface area (Å²) in [5.74, 6) is 0.632. The third-order valence-corrected chi connectivity index (χ3v) is 3.77. The van der Waals surface area contributed by atoms with E-state index in [0.717, 1.165) is 38.9 Å². The molecule has 0 aromatic rings. The van der Waals surface area contributed by atoms with E-state index in [9.17, 15) is 4.79 Å². The van der Waals surface area contributed by atoms with Crippen LogP contribution in [0, 0.1) is 5.92 Å². The maximum atomic E-state index is 11.4. The van der Waals surface area contributed by atoms with Gasteiger partial charge in [-0.15, -0.1) is 0 Å². The number of ketones is 1. The number of piperidine rings is 1. The van der Waals surface area contributed by atoms with E-state index in [-0.39, 0.29) is 11.5 Å². The van der Waals surface area contributed by atoms with Crippen molar-refractivity contribution >= 4 is 5.78 Å². The van der Waals surface area contributed by atoms with Crippen LogP contribution < -0.4 is 0 Å². The van der Waals surface area contributed by atoms with Gasteiger partial charge in [0.05, 0.1) is 11.7 Å². The first kappa shape index (κ1) is 12.1. The zero-order valence-electron chi connectivity index (χ0n) is 10.7. The normalized spacial score (nSPS) is 35.6. The van der Waals surface area contributed by atoms with Crippen LogP contribution in [0.1, 0.15) is 40.0 Å². The Hall–Kier alpha value is -0.410. The van der Waals surface area contributed by atoms with Gasteiger partial charge in [0.15, 0.2) is 0 Å². The molecule has 0 aliphatic carbocycles. The maximum absolute atomic E-state index is 11.4. The summed E-state index contributed by atoms with van der Waals surface area (Å²) in [7, 11) is 0. The fraction of sp³-hybridized carbons (Fsp3) is 0.923. The number of hydrogen-bond acceptors (Lipinski definition) is 3. The van der Waals surface area contributed by atoms with Crippen LogP contribution in [0.5, 0.6) is 0 Å². The summed E-state index contributed by atoms with van der Waals surface area (Å²) in [6, 6.07) is 0. The molecular formula is C13H23NO2. The second-order valence-electron chi connectivity index (χ2n) is 5.92. The molecule has 2 aliphatic heterocycles. The Morgan fingerprint density at radius 3 is 2.81 bits per heavy atom. The van der Waals surface area contributed by atoms with Gasteiger partial charge in [0.25, 0.3) is 0 Å². The van der Waals surface area contributed by atoms with Gasteiger partial charge in [-0.25, -0.2) is 0 Å². The molecule has 2 rings (SSSR count). The zero-order valence-corrected chi connectivity index (χ0v) is 10.7. The number of carbonyl (C=O) groups is 1. The maximum Gasteiger partial charge on any atom is 0.138 e. The predicted octanol–water partition coefficient (Wildman–Crippen LogP) is 1.85. The molecule has 0 saturated carbocycles. The highest BCUT2D eigenvalue weighted by molar-refractivity contribution is 5.81. The predicted molar refractivity (Wildman–Crippen MR) is 63.4 cm³/mol. The average molecular weight is 225 g/mol. The molecule has 0 radical (unpaired) electrons. The van der Waals surface area contributed by atoms with E-state index in [1.54, 1.807) is 0 Å². The Labute approximate surface area is 98.1 Å². The fourth-order valence-electron chi connectivity index (χ4n) is 2.76. The van der Waals surface area contributed by atoms with E-state index in [2.05, 4.69) is 18.7 Å². The van der Waals surface area contributed by atoms with Crippen molar-refractivity contribution in [3.05, 3.63) is 0 Å². The van der Waals surface area contributed by atoms with E-state index in [4.69, 9.17) is 4.74 Å². The molecule has 2 saturated heterocycles. The monoisotopic (exact) mass is 225 g/mol. The first-order valence-electron chi connectivity index (χ1n) is 6.39. The van der Waals surface area contributed by atoms with Gasteiger partial charge < -0.3 is 4.74 Å². The molecule has 0 aromatic carbocycles. The number of hydrogen-bond donors (Lipinski definition) is 0. The third kappa shape index (κ3) is 2.83. The van der Waals surface area contributed by atoms with Crippen molar-refractivity contribution in [3.63, 3.8) is 0 Å². The molecule has 2 aliphatic rings. The number of rotatable bonds is 2. The standard InChI is InChI=1S/C13H23NO2/c1-10-8-14(7-5-12(10)15)9-11-4-6-13(2,3)16-11/h10-11H,4-9H2,1-3H3. The highest BCUT2D eigenvalue weighted by Crippen LogP contribution is 2.30. The lowest BCUT2D eigenvalue weighted by molar-refractivity contribution is -0.126. The molecule has 3 nitrogen and oxygen atoms in total. The number of Topliss-reactive ketones (excluding diaryl/α,β-unsaturated/α-hetero) is 1. The second-order valence-corrected chi connectivity index (χ2v) is 5.92. The summed E-state index contributed by atoms with van der Waals surface area (Å²) in [4.78, 5) is 13.8. The first-order chi connectivity index (χ1) is 7.46. The Kier molecular flexibility index (Phi) is 3.36. The highest BCUT2D eigenvalue weighted by atomic mass is 16.5. The van der Waals surface area contributed by atoms with Crippen molar-refractivity contribution in [2.75, 3.05) is 19.6 Å². The number of ether oxygens (including phenoxy) is 1. The third-order valence-electron chi connectivity index (χ3n) is 3.77. The lowest BCUT2D eigenvalue weighted by Crippen LogP contribution is -2.43. The number of nitrogens with zero attached hydrogens (tertiary/aromatic N) is 1. The molecule has 2 atom stereocenters. The van der Waals surface area contributed by atoms with E-state index in [1.165, 1.54) is 0 Å². The van der Waals surface area contributed by atoms with Crippen molar-refractivity contribution in [1.29, 1.82) is 0 Å². The van der Waals surface area contributed by atoms with Gasteiger partial charge in [0.1, 0.15) is 5.78 Å². The molecule has 0 aromatic heterocycles. The molecule has 0 N–H and O–H groups in total. The largest absolute Gasteiger partial charge is 0.371 e. The van der Waals surface area contributed by atoms with E-state index in [1.807, 2.05) is 6.92 Å². The van der Waals surface area contributed by atoms with E-state index in [0.29, 0.717) is 11.9 Å². The van der Waals surface area contributed by atoms with Crippen molar-refractivity contribution in [2.45, 2.75) is 51.7 Å². The van der Waals surface area contributed by atoms with Crippen LogP contribution in [0.25, 0.3) is 0 Å². The summed E-state index contributed by atoms with van der Waals surface area (Å²) in [6.45, 7) is 9.20. The molecule has 0 amide bonds. The first-order valence-corrected chi connectivity index (χ1v) is 6.39. The van der Waals surface area contributed by atoms with Crippen LogP contribution in [-0.2, 0) is 9.53 Å². The average Bonchev–Trinajstić information content (AvgIpc) is 2.52. The van der Waals surface area contributed by atoms with Crippen LogP contribution in [0.3, 0.4) is 0 Å². The molecule has 2 fully saturated rings. The van der Waals surface area contributed by atoms with Crippen molar-refractivity contribution in [3.8, 4) is 0 Å². The Morgan fingerprint density at radius 2 is 2.25 bits per heavy atom. The highest BCUT2D eigenvalue weighted by Gasteiger charge is 2.33. The molecule has 16 heavy (non-hydrogen) atoms. The number of carbonyl (C=O) groups excluding carboxylic acids is 1. The Balaban J connectivity index is 1.80. The van der Waals surface area contributed by atoms with Gasteiger partial charge in [-0.05, 0) is 26.7 Å². The van der Waals surface area contributed by atoms with E-state index < -0.39 is 0 Å². The SMILES string of the molecule is CC1CN(CC2CCC(C)(C)O2)CCC1=O. The number of likely N-dealkylation sites (tertiary alicyclic amines) is 1. The minimum Gasteiger partial charge on any atom is -0.371 e. The van der Waals surface area contributed by atoms with Crippen LogP contribution >= 0.6 is 0 Å². The van der Waals surface area contributed by atoms with Gasteiger partial charge in [0.2, 0.25) is 0 Å². The van der Waals surface area contributed by atoms with Crippen molar-refractivity contribution in [1.82, 2.24) is 4.90 Å².